The molecule has 4 atom stereocenters. The molecule has 4 aromatic carbocycles. The highest BCUT2D eigenvalue weighted by atomic mass is 16.5. The monoisotopic (exact) mass is 828 g/mol. The normalized spacial score (nSPS) is 19.6. The summed E-state index contributed by atoms with van der Waals surface area (Å²) in [5, 5.41) is 9.68. The Labute approximate surface area is 352 Å². The molecule has 15 heteroatoms. The van der Waals surface area contributed by atoms with Gasteiger partial charge in [0.25, 0.3) is 0 Å². The van der Waals surface area contributed by atoms with E-state index in [1.165, 1.54) is 14.2 Å². The number of aromatic nitrogens is 4. The van der Waals surface area contributed by atoms with E-state index < -0.39 is 24.3 Å². The lowest BCUT2D eigenvalue weighted by Gasteiger charge is -2.34. The molecule has 3 fully saturated rings. The zero-order valence-corrected chi connectivity index (χ0v) is 35.0. The van der Waals surface area contributed by atoms with Gasteiger partial charge in [-0.2, -0.15) is 0 Å². The van der Waals surface area contributed by atoms with E-state index in [4.69, 9.17) is 24.2 Å². The highest BCUT2D eigenvalue weighted by Crippen LogP contribution is 2.38. The first-order valence-corrected chi connectivity index (χ1v) is 21.3. The molecule has 0 unspecified atom stereocenters. The van der Waals surface area contributed by atoms with Gasteiger partial charge in [0.05, 0.1) is 48.4 Å². The van der Waals surface area contributed by atoms with E-state index in [0.29, 0.717) is 39.1 Å². The van der Waals surface area contributed by atoms with Crippen molar-refractivity contribution in [3.63, 3.8) is 0 Å². The molecule has 0 radical (unpaired) electrons. The average molecular weight is 829 g/mol. The predicted octanol–water partition coefficient (Wildman–Crippen LogP) is 7.27. The number of amides is 4. The third-order valence-corrected chi connectivity index (χ3v) is 12.9. The van der Waals surface area contributed by atoms with Crippen LogP contribution in [0.5, 0.6) is 0 Å². The lowest BCUT2D eigenvalue weighted by Crippen LogP contribution is -2.53. The summed E-state index contributed by atoms with van der Waals surface area (Å²) in [5.74, 6) is 1.08. The maximum Gasteiger partial charge on any atom is 0.407 e. The van der Waals surface area contributed by atoms with Crippen LogP contribution in [0.2, 0.25) is 0 Å². The smallest absolute Gasteiger partial charge is 0.407 e. The largest absolute Gasteiger partial charge is 0.453 e. The van der Waals surface area contributed by atoms with Crippen molar-refractivity contribution in [2.24, 2.45) is 11.8 Å². The number of rotatable bonds is 9. The van der Waals surface area contributed by atoms with Crippen molar-refractivity contribution < 1.29 is 33.4 Å². The molecule has 3 saturated heterocycles. The van der Waals surface area contributed by atoms with Gasteiger partial charge in [-0.15, -0.1) is 0 Å². The number of ether oxygens (including phenoxy) is 3. The minimum atomic E-state index is -0.700. The number of aromatic amines is 2. The number of carbonyl (C=O) groups excluding carboxylic acids is 4. The Hall–Kier alpha value is -6.22. The van der Waals surface area contributed by atoms with Gasteiger partial charge in [0, 0.05) is 37.1 Å². The maximum absolute atomic E-state index is 14.1. The van der Waals surface area contributed by atoms with Gasteiger partial charge in [-0.3, -0.25) is 9.59 Å². The molecule has 318 valence electrons. The van der Waals surface area contributed by atoms with Crippen LogP contribution in [0, 0.1) is 11.8 Å². The standard InChI is InChI=1S/C46H52N8O7/c1-25(2)37(51-45(57)59-3)43(55)53-19-5-7-35(53)41-47-33-15-11-29-23-27(9-13-31(29)39(33)49-41)28-10-14-32-30(24-28)12-16-34-40(32)50-42(48-34)36-8-6-20-54(36)44(56)38(52-46(58)60-4)26-17-21-61-22-18-26/h9-16,23-26,35-38H,5-8,17-22H2,1-4H3,(H,47,49)(H,48,50)(H,51,57)(H,52,58)/t35-,36-,37-,38-/m0/s1. The van der Waals surface area contributed by atoms with Crippen LogP contribution in [0.4, 0.5) is 9.59 Å². The molecule has 3 aliphatic rings. The third kappa shape index (κ3) is 7.60. The molecule has 0 saturated carbocycles. The zero-order chi connectivity index (χ0) is 42.4. The van der Waals surface area contributed by atoms with Crippen LogP contribution in [-0.2, 0) is 23.8 Å². The number of nitrogens with zero attached hydrogens (tertiary/aromatic N) is 4. The first-order valence-electron chi connectivity index (χ1n) is 21.3. The molecule has 15 nitrogen and oxygen atoms in total. The molecule has 6 aromatic rings. The second kappa shape index (κ2) is 16.7. The molecule has 5 heterocycles. The number of nitrogens with one attached hydrogen (secondary N) is 4. The maximum atomic E-state index is 14.1. The number of alkyl carbamates (subject to hydrolysis) is 2. The molecule has 0 bridgehead atoms. The Morgan fingerprint density at radius 1 is 0.689 bits per heavy atom. The summed E-state index contributed by atoms with van der Waals surface area (Å²) in [7, 11) is 2.61. The fraction of sp³-hybridized carbons (Fsp3) is 0.435. The van der Waals surface area contributed by atoms with Crippen LogP contribution in [0.1, 0.15) is 76.1 Å². The Bertz CT molecular complexity index is 2650. The molecule has 2 aromatic heterocycles. The number of H-pyrrole nitrogens is 2. The van der Waals surface area contributed by atoms with Gasteiger partial charge in [-0.05, 0) is 96.5 Å². The molecule has 4 amide bonds. The van der Waals surface area contributed by atoms with Crippen molar-refractivity contribution in [2.45, 2.75) is 76.5 Å². The van der Waals surface area contributed by atoms with Gasteiger partial charge in [0.2, 0.25) is 11.8 Å². The number of hydrogen-bond donors (Lipinski definition) is 4. The minimum Gasteiger partial charge on any atom is -0.453 e. The Kier molecular flexibility index (Phi) is 11.0. The van der Waals surface area contributed by atoms with E-state index >= 15 is 0 Å². The summed E-state index contributed by atoms with van der Waals surface area (Å²) < 4.78 is 15.2. The third-order valence-electron chi connectivity index (χ3n) is 12.9. The lowest BCUT2D eigenvalue weighted by atomic mass is 9.90. The van der Waals surface area contributed by atoms with E-state index in [-0.39, 0.29) is 35.7 Å². The Balaban J connectivity index is 0.963. The van der Waals surface area contributed by atoms with Gasteiger partial charge in [-0.1, -0.05) is 50.2 Å². The fourth-order valence-corrected chi connectivity index (χ4v) is 9.62. The number of imidazole rings is 2. The first kappa shape index (κ1) is 40.2. The number of hydrogen-bond acceptors (Lipinski definition) is 9. The van der Waals surface area contributed by atoms with Gasteiger partial charge >= 0.3 is 12.2 Å². The molecule has 61 heavy (non-hydrogen) atoms. The molecule has 0 spiro atoms. The van der Waals surface area contributed by atoms with E-state index in [1.807, 2.05) is 35.8 Å². The van der Waals surface area contributed by atoms with Crippen molar-refractivity contribution >= 4 is 67.6 Å². The molecular formula is C46H52N8O7. The molecule has 4 N–H and O–H groups in total. The van der Waals surface area contributed by atoms with Gasteiger partial charge < -0.3 is 44.6 Å². The van der Waals surface area contributed by atoms with E-state index in [1.54, 1.807) is 0 Å². The molecular weight excluding hydrogens is 777 g/mol. The van der Waals surface area contributed by atoms with E-state index in [0.717, 1.165) is 92.1 Å². The lowest BCUT2D eigenvalue weighted by molar-refractivity contribution is -0.137. The van der Waals surface area contributed by atoms with Crippen LogP contribution in [0.15, 0.2) is 60.7 Å². The number of methoxy groups -OCH3 is 2. The Morgan fingerprint density at radius 2 is 1.20 bits per heavy atom. The summed E-state index contributed by atoms with van der Waals surface area (Å²) in [6.07, 6.45) is 3.37. The van der Waals surface area contributed by atoms with Gasteiger partial charge in [0.15, 0.2) is 0 Å². The van der Waals surface area contributed by atoms with Gasteiger partial charge in [-0.25, -0.2) is 19.6 Å². The van der Waals surface area contributed by atoms with Crippen molar-refractivity contribution in [2.75, 3.05) is 40.5 Å². The summed E-state index contributed by atoms with van der Waals surface area (Å²) >= 11 is 0. The van der Waals surface area contributed by atoms with E-state index in [2.05, 4.69) is 69.1 Å². The fourth-order valence-electron chi connectivity index (χ4n) is 9.62. The quantitative estimate of drug-likeness (QED) is 0.116. The van der Waals surface area contributed by atoms with Gasteiger partial charge in [0.1, 0.15) is 23.7 Å². The highest BCUT2D eigenvalue weighted by Gasteiger charge is 2.41. The summed E-state index contributed by atoms with van der Waals surface area (Å²) in [4.78, 5) is 73.2. The predicted molar refractivity (Wildman–Crippen MR) is 231 cm³/mol. The van der Waals surface area contributed by atoms with Crippen molar-refractivity contribution in [3.8, 4) is 11.1 Å². The molecule has 3 aliphatic heterocycles. The Morgan fingerprint density at radius 3 is 1.70 bits per heavy atom. The number of fused-ring (bicyclic) bond motifs is 6. The number of benzene rings is 4. The van der Waals surface area contributed by atoms with Crippen molar-refractivity contribution in [1.29, 1.82) is 0 Å². The van der Waals surface area contributed by atoms with Crippen molar-refractivity contribution in [3.05, 3.63) is 72.3 Å². The molecule has 0 aliphatic carbocycles. The number of likely N-dealkylation sites (tertiary alicyclic amines) is 2. The minimum absolute atomic E-state index is 0.0355. The van der Waals surface area contributed by atoms with Crippen LogP contribution < -0.4 is 10.6 Å². The van der Waals surface area contributed by atoms with Crippen molar-refractivity contribution in [1.82, 2.24) is 40.4 Å². The summed E-state index contributed by atoms with van der Waals surface area (Å²) in [5.41, 5.74) is 5.64. The van der Waals surface area contributed by atoms with Crippen LogP contribution in [0.3, 0.4) is 0 Å². The first-order chi connectivity index (χ1) is 29.6. The zero-order valence-electron chi connectivity index (χ0n) is 35.0. The summed E-state index contributed by atoms with van der Waals surface area (Å²) in [6, 6.07) is 19.3. The number of carbonyl (C=O) groups is 4. The topological polar surface area (TPSA) is 184 Å². The second-order valence-corrected chi connectivity index (χ2v) is 16.8. The van der Waals surface area contributed by atoms with Crippen LogP contribution in [0.25, 0.3) is 54.7 Å². The van der Waals surface area contributed by atoms with Crippen LogP contribution >= 0.6 is 0 Å². The second-order valence-electron chi connectivity index (χ2n) is 16.8. The SMILES string of the molecule is COC(=O)N[C@H](C(=O)N1CCC[C@H]1c1nc2c(ccc3cc(-c4ccc5c(ccc6[nH]c([C@@H]7CCCN7C(=O)[C@@H](NC(=O)OC)C7CCOCC7)nc65)c4)ccc32)[nH]1)C(C)C. The van der Waals surface area contributed by atoms with Crippen LogP contribution in [-0.4, -0.2) is 106 Å². The summed E-state index contributed by atoms with van der Waals surface area (Å²) in [6.45, 7) is 6.10. The highest BCUT2D eigenvalue weighted by molar-refractivity contribution is 6.07. The average Bonchev–Trinajstić information content (AvgIpc) is 4.12. The molecule has 9 rings (SSSR count). The van der Waals surface area contributed by atoms with E-state index in [9.17, 15) is 19.2 Å².